The molecule has 2 rings (SSSR count). The molecule has 1 aromatic heterocycles. The number of rotatable bonds is 3. The first kappa shape index (κ1) is 11.2. The third kappa shape index (κ3) is 2.62. The summed E-state index contributed by atoms with van der Waals surface area (Å²) in [6.07, 6.45) is 3.39. The minimum absolute atomic E-state index is 0.0587. The van der Waals surface area contributed by atoms with Crippen molar-refractivity contribution in [3.8, 4) is 0 Å². The molecule has 0 aliphatic heterocycles. The molecule has 0 fully saturated rings. The van der Waals surface area contributed by atoms with Gasteiger partial charge in [-0.3, -0.25) is 4.68 Å². The van der Waals surface area contributed by atoms with Crippen LogP contribution in [0.25, 0.3) is 0 Å². The Balaban J connectivity index is 2.08. The lowest BCUT2D eigenvalue weighted by Crippen LogP contribution is -2.17. The van der Waals surface area contributed by atoms with Crippen molar-refractivity contribution in [2.45, 2.75) is 19.5 Å². The SMILES string of the molecule is Cc1ccc(C(N)Cn2cc(Cl)cn2)cc1. The van der Waals surface area contributed by atoms with E-state index in [9.17, 15) is 0 Å². The lowest BCUT2D eigenvalue weighted by molar-refractivity contribution is 0.528. The maximum Gasteiger partial charge on any atom is 0.0785 e. The summed E-state index contributed by atoms with van der Waals surface area (Å²) < 4.78 is 1.76. The van der Waals surface area contributed by atoms with Gasteiger partial charge in [-0.1, -0.05) is 41.4 Å². The first-order chi connectivity index (χ1) is 7.65. The first-order valence-corrected chi connectivity index (χ1v) is 5.53. The Morgan fingerprint density at radius 2 is 2.06 bits per heavy atom. The zero-order valence-corrected chi connectivity index (χ0v) is 9.85. The van der Waals surface area contributed by atoms with E-state index in [-0.39, 0.29) is 6.04 Å². The molecule has 84 valence electrons. The zero-order valence-electron chi connectivity index (χ0n) is 9.10. The standard InChI is InChI=1S/C12H14ClN3/c1-9-2-4-10(5-3-9)12(14)8-16-7-11(13)6-15-16/h2-7,12H,8,14H2,1H3. The molecule has 0 spiro atoms. The molecule has 0 radical (unpaired) electrons. The Morgan fingerprint density at radius 3 is 2.62 bits per heavy atom. The molecule has 2 N–H and O–H groups in total. The van der Waals surface area contributed by atoms with Crippen molar-refractivity contribution >= 4 is 11.6 Å². The predicted molar refractivity (Wildman–Crippen MR) is 65.3 cm³/mol. The van der Waals surface area contributed by atoms with Gasteiger partial charge in [-0.2, -0.15) is 5.10 Å². The minimum Gasteiger partial charge on any atom is -0.322 e. The predicted octanol–water partition coefficient (Wildman–Crippen LogP) is 2.54. The summed E-state index contributed by atoms with van der Waals surface area (Å²) in [4.78, 5) is 0. The normalized spacial score (nSPS) is 12.7. The number of nitrogens with two attached hydrogens (primary N) is 1. The lowest BCUT2D eigenvalue weighted by Gasteiger charge is -2.12. The topological polar surface area (TPSA) is 43.8 Å². The van der Waals surface area contributed by atoms with E-state index in [0.717, 1.165) is 5.56 Å². The average Bonchev–Trinajstić information content (AvgIpc) is 2.65. The van der Waals surface area contributed by atoms with Gasteiger partial charge in [0.1, 0.15) is 0 Å². The van der Waals surface area contributed by atoms with Crippen LogP contribution in [0.4, 0.5) is 0 Å². The van der Waals surface area contributed by atoms with Crippen molar-refractivity contribution < 1.29 is 0 Å². The number of nitrogens with zero attached hydrogens (tertiary/aromatic N) is 2. The molecule has 16 heavy (non-hydrogen) atoms. The number of aryl methyl sites for hydroxylation is 1. The molecule has 2 aromatic rings. The van der Waals surface area contributed by atoms with Crippen molar-refractivity contribution in [3.63, 3.8) is 0 Å². The van der Waals surface area contributed by atoms with E-state index in [1.165, 1.54) is 5.56 Å². The van der Waals surface area contributed by atoms with Crippen LogP contribution in [0.15, 0.2) is 36.7 Å². The molecule has 0 saturated carbocycles. The summed E-state index contributed by atoms with van der Waals surface area (Å²) in [6.45, 7) is 2.69. The molecule has 1 heterocycles. The van der Waals surface area contributed by atoms with Crippen LogP contribution in [0.1, 0.15) is 17.2 Å². The summed E-state index contributed by atoms with van der Waals surface area (Å²) in [5.41, 5.74) is 8.43. The van der Waals surface area contributed by atoms with E-state index < -0.39 is 0 Å². The van der Waals surface area contributed by atoms with Gasteiger partial charge >= 0.3 is 0 Å². The molecule has 4 heteroatoms. The van der Waals surface area contributed by atoms with Gasteiger partial charge in [0.15, 0.2) is 0 Å². The van der Waals surface area contributed by atoms with Crippen LogP contribution >= 0.6 is 11.6 Å². The van der Waals surface area contributed by atoms with Crippen molar-refractivity contribution in [2.75, 3.05) is 0 Å². The summed E-state index contributed by atoms with van der Waals surface area (Å²) in [5.74, 6) is 0. The van der Waals surface area contributed by atoms with Gasteiger partial charge in [0.2, 0.25) is 0 Å². The molecule has 0 saturated heterocycles. The minimum atomic E-state index is -0.0587. The van der Waals surface area contributed by atoms with E-state index in [0.29, 0.717) is 11.6 Å². The molecule has 0 amide bonds. The van der Waals surface area contributed by atoms with E-state index in [2.05, 4.69) is 24.2 Å². The Kier molecular flexibility index (Phi) is 3.27. The lowest BCUT2D eigenvalue weighted by atomic mass is 10.1. The highest BCUT2D eigenvalue weighted by molar-refractivity contribution is 6.30. The van der Waals surface area contributed by atoms with E-state index in [1.54, 1.807) is 17.1 Å². The Labute approximate surface area is 99.8 Å². The van der Waals surface area contributed by atoms with E-state index >= 15 is 0 Å². The third-order valence-electron chi connectivity index (χ3n) is 2.49. The Hall–Kier alpha value is -1.32. The van der Waals surface area contributed by atoms with Crippen molar-refractivity contribution in [1.82, 2.24) is 9.78 Å². The largest absolute Gasteiger partial charge is 0.322 e. The van der Waals surface area contributed by atoms with Gasteiger partial charge in [-0.05, 0) is 12.5 Å². The molecular weight excluding hydrogens is 222 g/mol. The van der Waals surface area contributed by atoms with Crippen LogP contribution in [0.3, 0.4) is 0 Å². The van der Waals surface area contributed by atoms with Gasteiger partial charge in [-0.25, -0.2) is 0 Å². The summed E-state index contributed by atoms with van der Waals surface area (Å²) in [7, 11) is 0. The van der Waals surface area contributed by atoms with Crippen LogP contribution in [0, 0.1) is 6.92 Å². The van der Waals surface area contributed by atoms with Crippen molar-refractivity contribution in [3.05, 3.63) is 52.8 Å². The second-order valence-corrected chi connectivity index (χ2v) is 4.33. The molecular formula is C12H14ClN3. The monoisotopic (exact) mass is 235 g/mol. The van der Waals surface area contributed by atoms with Crippen molar-refractivity contribution in [1.29, 1.82) is 0 Å². The second-order valence-electron chi connectivity index (χ2n) is 3.90. The van der Waals surface area contributed by atoms with Gasteiger partial charge in [0.25, 0.3) is 0 Å². The van der Waals surface area contributed by atoms with E-state index in [1.807, 2.05) is 12.1 Å². The highest BCUT2D eigenvalue weighted by atomic mass is 35.5. The highest BCUT2D eigenvalue weighted by Gasteiger charge is 2.07. The fourth-order valence-electron chi connectivity index (χ4n) is 1.56. The quantitative estimate of drug-likeness (QED) is 0.889. The highest BCUT2D eigenvalue weighted by Crippen LogP contribution is 2.14. The smallest absolute Gasteiger partial charge is 0.0785 e. The van der Waals surface area contributed by atoms with Crippen LogP contribution in [-0.2, 0) is 6.54 Å². The summed E-state index contributed by atoms with van der Waals surface area (Å²) in [5, 5.41) is 4.74. The molecule has 0 bridgehead atoms. The van der Waals surface area contributed by atoms with Gasteiger partial charge in [0.05, 0.1) is 17.8 Å². The number of benzene rings is 1. The summed E-state index contributed by atoms with van der Waals surface area (Å²) >= 11 is 5.79. The molecule has 1 aromatic carbocycles. The fourth-order valence-corrected chi connectivity index (χ4v) is 1.72. The van der Waals surface area contributed by atoms with Crippen LogP contribution in [0.5, 0.6) is 0 Å². The van der Waals surface area contributed by atoms with Gasteiger partial charge in [-0.15, -0.1) is 0 Å². The van der Waals surface area contributed by atoms with Crippen LogP contribution in [0.2, 0.25) is 5.02 Å². The molecule has 1 atom stereocenters. The van der Waals surface area contributed by atoms with Gasteiger partial charge < -0.3 is 5.73 Å². The molecule has 3 nitrogen and oxygen atoms in total. The average molecular weight is 236 g/mol. The van der Waals surface area contributed by atoms with Crippen molar-refractivity contribution in [2.24, 2.45) is 5.73 Å². The third-order valence-corrected chi connectivity index (χ3v) is 2.69. The van der Waals surface area contributed by atoms with E-state index in [4.69, 9.17) is 17.3 Å². The first-order valence-electron chi connectivity index (χ1n) is 5.15. The molecule has 1 unspecified atom stereocenters. The maximum absolute atomic E-state index is 6.08. The van der Waals surface area contributed by atoms with Crippen LogP contribution in [-0.4, -0.2) is 9.78 Å². The van der Waals surface area contributed by atoms with Gasteiger partial charge in [0, 0.05) is 12.2 Å². The van der Waals surface area contributed by atoms with Crippen LogP contribution < -0.4 is 5.73 Å². The Bertz CT molecular complexity index is 461. The number of halogens is 1. The Morgan fingerprint density at radius 1 is 1.38 bits per heavy atom. The second kappa shape index (κ2) is 4.68. The number of aromatic nitrogens is 2. The maximum atomic E-state index is 6.08. The molecule has 0 aliphatic rings. The number of hydrogen-bond donors (Lipinski definition) is 1. The number of hydrogen-bond acceptors (Lipinski definition) is 2. The summed E-state index contributed by atoms with van der Waals surface area (Å²) in [6, 6.07) is 8.16. The molecule has 0 aliphatic carbocycles. The zero-order chi connectivity index (χ0) is 11.5. The fraction of sp³-hybridized carbons (Fsp3) is 0.250.